The summed E-state index contributed by atoms with van der Waals surface area (Å²) in [5.41, 5.74) is 5.98. The van der Waals surface area contributed by atoms with Crippen molar-refractivity contribution in [2.24, 2.45) is 5.73 Å². The number of nitrogens with zero attached hydrogens (tertiary/aromatic N) is 1. The van der Waals surface area contributed by atoms with Crippen molar-refractivity contribution in [1.82, 2.24) is 5.32 Å². The van der Waals surface area contributed by atoms with Gasteiger partial charge in [-0.15, -0.1) is 0 Å². The van der Waals surface area contributed by atoms with Crippen molar-refractivity contribution in [2.45, 2.75) is 0 Å². The van der Waals surface area contributed by atoms with E-state index in [0.29, 0.717) is 10.7 Å². The average Bonchev–Trinajstić information content (AvgIpc) is 2.34. The second kappa shape index (κ2) is 6.22. The zero-order chi connectivity index (χ0) is 12.8. The first kappa shape index (κ1) is 13.5. The molecule has 0 unspecified atom stereocenters. The Bertz CT molecular complexity index is 423. The number of nitrogens with one attached hydrogen (secondary N) is 1. The Hall–Kier alpha value is -1.59. The molecule has 1 rings (SSSR count). The molecule has 0 aliphatic carbocycles. The molecule has 0 spiro atoms. The van der Waals surface area contributed by atoms with E-state index in [4.69, 9.17) is 17.3 Å². The molecule has 0 saturated heterocycles. The van der Waals surface area contributed by atoms with Gasteiger partial charge >= 0.3 is 11.8 Å². The summed E-state index contributed by atoms with van der Waals surface area (Å²) in [7, 11) is 1.40. The van der Waals surface area contributed by atoms with Crippen molar-refractivity contribution in [3.8, 4) is 0 Å². The number of nitrogens with two attached hydrogens (primary N) is 1. The van der Waals surface area contributed by atoms with Gasteiger partial charge in [0, 0.05) is 30.8 Å². The van der Waals surface area contributed by atoms with E-state index in [1.807, 2.05) is 0 Å². The van der Waals surface area contributed by atoms with Crippen LogP contribution >= 0.6 is 11.6 Å². The molecule has 0 aliphatic heterocycles. The fourth-order valence-corrected chi connectivity index (χ4v) is 1.54. The fraction of sp³-hybridized carbons (Fsp3) is 0.273. The first-order valence-corrected chi connectivity index (χ1v) is 5.47. The van der Waals surface area contributed by atoms with Crippen LogP contribution in [0.2, 0.25) is 5.02 Å². The summed E-state index contributed by atoms with van der Waals surface area (Å²) in [6.45, 7) is 0.516. The summed E-state index contributed by atoms with van der Waals surface area (Å²) >= 11 is 5.84. The number of carbonyl (C=O) groups excluding carboxylic acids is 2. The summed E-state index contributed by atoms with van der Waals surface area (Å²) in [6.07, 6.45) is 0. The van der Waals surface area contributed by atoms with Crippen molar-refractivity contribution < 1.29 is 9.59 Å². The monoisotopic (exact) mass is 255 g/mol. The Labute approximate surface area is 105 Å². The van der Waals surface area contributed by atoms with Crippen molar-refractivity contribution in [1.29, 1.82) is 0 Å². The summed E-state index contributed by atoms with van der Waals surface area (Å²) in [5, 5.41) is 2.78. The van der Waals surface area contributed by atoms with Crippen LogP contribution in [0.5, 0.6) is 0 Å². The molecule has 0 bridgehead atoms. The van der Waals surface area contributed by atoms with E-state index in [9.17, 15) is 9.59 Å². The van der Waals surface area contributed by atoms with Crippen molar-refractivity contribution in [3.63, 3.8) is 0 Å². The molecule has 0 aromatic heterocycles. The number of likely N-dealkylation sites (N-methyl/N-ethyl adjacent to an activating group) is 1. The van der Waals surface area contributed by atoms with Crippen LogP contribution in [0.1, 0.15) is 0 Å². The molecule has 0 atom stereocenters. The molecule has 1 aromatic rings. The van der Waals surface area contributed by atoms with E-state index >= 15 is 0 Å². The maximum Gasteiger partial charge on any atom is 0.316 e. The van der Waals surface area contributed by atoms with Gasteiger partial charge in [0.1, 0.15) is 0 Å². The third-order valence-electron chi connectivity index (χ3n) is 2.14. The standard InChI is InChI=1S/C11H14ClN3O2/c1-14-10(16)11(17)15(6-5-13)9-4-2-3-8(12)7-9/h2-4,7H,5-6,13H2,1H3,(H,14,16). The highest BCUT2D eigenvalue weighted by Crippen LogP contribution is 2.19. The molecule has 0 heterocycles. The third kappa shape index (κ3) is 3.44. The lowest BCUT2D eigenvalue weighted by molar-refractivity contribution is -0.137. The van der Waals surface area contributed by atoms with Gasteiger partial charge in [-0.05, 0) is 18.2 Å². The maximum absolute atomic E-state index is 11.8. The Morgan fingerprint density at radius 3 is 2.71 bits per heavy atom. The SMILES string of the molecule is CNC(=O)C(=O)N(CCN)c1cccc(Cl)c1. The van der Waals surface area contributed by atoms with Crippen LogP contribution in [-0.2, 0) is 9.59 Å². The summed E-state index contributed by atoms with van der Waals surface area (Å²) in [4.78, 5) is 24.4. The molecule has 0 fully saturated rings. The Kier molecular flexibility index (Phi) is 4.93. The van der Waals surface area contributed by atoms with Gasteiger partial charge in [0.25, 0.3) is 0 Å². The smallest absolute Gasteiger partial charge is 0.316 e. The molecular weight excluding hydrogens is 242 g/mol. The zero-order valence-corrected chi connectivity index (χ0v) is 10.2. The highest BCUT2D eigenvalue weighted by atomic mass is 35.5. The van der Waals surface area contributed by atoms with Gasteiger partial charge < -0.3 is 16.0 Å². The number of hydrogen-bond donors (Lipinski definition) is 2. The number of rotatable bonds is 3. The maximum atomic E-state index is 11.8. The molecule has 0 saturated carbocycles. The van der Waals surface area contributed by atoms with Gasteiger partial charge in [0.15, 0.2) is 0 Å². The highest BCUT2D eigenvalue weighted by Gasteiger charge is 2.21. The zero-order valence-electron chi connectivity index (χ0n) is 9.44. The van der Waals surface area contributed by atoms with Crippen LogP contribution < -0.4 is 16.0 Å². The molecule has 0 aliphatic rings. The molecular formula is C11H14ClN3O2. The number of amides is 2. The molecule has 92 valence electrons. The summed E-state index contributed by atoms with van der Waals surface area (Å²) in [5.74, 6) is -1.33. The largest absolute Gasteiger partial charge is 0.351 e. The molecule has 0 radical (unpaired) electrons. The van der Waals surface area contributed by atoms with Crippen LogP contribution in [0, 0.1) is 0 Å². The van der Waals surface area contributed by atoms with Crippen LogP contribution in [0.15, 0.2) is 24.3 Å². The average molecular weight is 256 g/mol. The van der Waals surface area contributed by atoms with Gasteiger partial charge in [-0.1, -0.05) is 17.7 Å². The Morgan fingerprint density at radius 2 is 2.18 bits per heavy atom. The van der Waals surface area contributed by atoms with Crippen molar-refractivity contribution >= 4 is 29.1 Å². The second-order valence-corrected chi connectivity index (χ2v) is 3.74. The number of anilines is 1. The molecule has 1 aromatic carbocycles. The fourth-order valence-electron chi connectivity index (χ4n) is 1.35. The van der Waals surface area contributed by atoms with Crippen LogP contribution in [0.4, 0.5) is 5.69 Å². The molecule has 5 nitrogen and oxygen atoms in total. The van der Waals surface area contributed by atoms with Gasteiger partial charge in [-0.3, -0.25) is 9.59 Å². The van der Waals surface area contributed by atoms with E-state index in [1.54, 1.807) is 24.3 Å². The molecule has 6 heteroatoms. The van der Waals surface area contributed by atoms with Crippen LogP contribution in [0.3, 0.4) is 0 Å². The minimum Gasteiger partial charge on any atom is -0.351 e. The lowest BCUT2D eigenvalue weighted by Crippen LogP contribution is -2.44. The predicted octanol–water partition coefficient (Wildman–Crippen LogP) is 0.378. The van der Waals surface area contributed by atoms with Gasteiger partial charge in [0.05, 0.1) is 0 Å². The number of hydrogen-bond acceptors (Lipinski definition) is 3. The predicted molar refractivity (Wildman–Crippen MR) is 66.9 cm³/mol. The molecule has 17 heavy (non-hydrogen) atoms. The second-order valence-electron chi connectivity index (χ2n) is 3.30. The lowest BCUT2D eigenvalue weighted by atomic mass is 10.2. The minimum atomic E-state index is -0.682. The van der Waals surface area contributed by atoms with Gasteiger partial charge in [-0.2, -0.15) is 0 Å². The third-order valence-corrected chi connectivity index (χ3v) is 2.37. The van der Waals surface area contributed by atoms with Gasteiger partial charge in [-0.25, -0.2) is 0 Å². The van der Waals surface area contributed by atoms with E-state index < -0.39 is 11.8 Å². The molecule has 3 N–H and O–H groups in total. The Balaban J connectivity index is 3.00. The van der Waals surface area contributed by atoms with Crippen molar-refractivity contribution in [2.75, 3.05) is 25.0 Å². The van der Waals surface area contributed by atoms with Crippen LogP contribution in [-0.4, -0.2) is 32.0 Å². The highest BCUT2D eigenvalue weighted by molar-refractivity contribution is 6.40. The van der Waals surface area contributed by atoms with E-state index in [0.717, 1.165) is 0 Å². The lowest BCUT2D eigenvalue weighted by Gasteiger charge is -2.21. The number of benzene rings is 1. The molecule has 2 amide bonds. The quantitative estimate of drug-likeness (QED) is 0.767. The van der Waals surface area contributed by atoms with Crippen molar-refractivity contribution in [3.05, 3.63) is 29.3 Å². The van der Waals surface area contributed by atoms with E-state index in [2.05, 4.69) is 5.32 Å². The first-order valence-electron chi connectivity index (χ1n) is 5.09. The van der Waals surface area contributed by atoms with Gasteiger partial charge in [0.2, 0.25) is 0 Å². The normalized spacial score (nSPS) is 9.82. The number of carbonyl (C=O) groups is 2. The van der Waals surface area contributed by atoms with E-state index in [-0.39, 0.29) is 13.1 Å². The van der Waals surface area contributed by atoms with Crippen LogP contribution in [0.25, 0.3) is 0 Å². The topological polar surface area (TPSA) is 75.4 Å². The first-order chi connectivity index (χ1) is 8.10. The summed E-state index contributed by atoms with van der Waals surface area (Å²) < 4.78 is 0. The number of halogens is 1. The Morgan fingerprint density at radius 1 is 1.47 bits per heavy atom. The van der Waals surface area contributed by atoms with E-state index in [1.165, 1.54) is 11.9 Å². The minimum absolute atomic E-state index is 0.257. The summed E-state index contributed by atoms with van der Waals surface area (Å²) in [6, 6.07) is 6.70.